The van der Waals surface area contributed by atoms with Crippen molar-refractivity contribution in [3.8, 4) is 5.75 Å². The van der Waals surface area contributed by atoms with Crippen LogP contribution >= 0.6 is 0 Å². The quantitative estimate of drug-likeness (QED) is 0.456. The summed E-state index contributed by atoms with van der Waals surface area (Å²) in [4.78, 5) is 12.6. The third kappa shape index (κ3) is 4.30. The maximum atomic E-state index is 12.6. The van der Waals surface area contributed by atoms with E-state index < -0.39 is 6.09 Å². The number of fused-ring (bicyclic) bond motifs is 1. The van der Waals surface area contributed by atoms with Gasteiger partial charge in [-0.25, -0.2) is 4.79 Å². The van der Waals surface area contributed by atoms with Crippen LogP contribution in [0, 0.1) is 6.92 Å². The van der Waals surface area contributed by atoms with E-state index in [0.717, 1.165) is 27.5 Å². The molecule has 0 heterocycles. The van der Waals surface area contributed by atoms with Crippen molar-refractivity contribution in [2.75, 3.05) is 6.54 Å². The standard InChI is InChI=1S/C26H23NO2/c1-19-16-17-22-14-8-9-15-23(22)25(19)29-26(28)27-18-24(20-10-4-2-5-11-20)21-12-6-3-7-13-21/h2-17,24H,18H2,1H3,(H,27,28). The Labute approximate surface area is 171 Å². The van der Waals surface area contributed by atoms with Crippen LogP contribution in [0.5, 0.6) is 5.75 Å². The second-order valence-electron chi connectivity index (χ2n) is 7.08. The van der Waals surface area contributed by atoms with Crippen molar-refractivity contribution in [2.45, 2.75) is 12.8 Å². The fourth-order valence-corrected chi connectivity index (χ4v) is 3.60. The SMILES string of the molecule is Cc1ccc2ccccc2c1OC(=O)NCC(c1ccccc1)c1ccccc1. The monoisotopic (exact) mass is 381 g/mol. The minimum Gasteiger partial charge on any atom is -0.409 e. The lowest BCUT2D eigenvalue weighted by Crippen LogP contribution is -2.31. The molecule has 1 N–H and O–H groups in total. The second kappa shape index (κ2) is 8.61. The van der Waals surface area contributed by atoms with E-state index in [-0.39, 0.29) is 5.92 Å². The van der Waals surface area contributed by atoms with Gasteiger partial charge < -0.3 is 10.1 Å². The van der Waals surface area contributed by atoms with Crippen LogP contribution in [0.3, 0.4) is 0 Å². The number of nitrogens with one attached hydrogen (secondary N) is 1. The maximum Gasteiger partial charge on any atom is 0.412 e. The van der Waals surface area contributed by atoms with Crippen LogP contribution in [-0.4, -0.2) is 12.6 Å². The molecular weight excluding hydrogens is 358 g/mol. The van der Waals surface area contributed by atoms with Gasteiger partial charge in [-0.2, -0.15) is 0 Å². The molecule has 4 rings (SSSR count). The molecule has 0 aliphatic heterocycles. The Hall–Kier alpha value is -3.59. The molecule has 0 saturated carbocycles. The summed E-state index contributed by atoms with van der Waals surface area (Å²) in [5.41, 5.74) is 3.24. The Morgan fingerprint density at radius 2 is 1.38 bits per heavy atom. The van der Waals surface area contributed by atoms with E-state index in [1.807, 2.05) is 79.7 Å². The molecule has 0 atom stereocenters. The molecule has 3 heteroatoms. The summed E-state index contributed by atoms with van der Waals surface area (Å²) < 4.78 is 5.73. The summed E-state index contributed by atoms with van der Waals surface area (Å²) in [6, 6.07) is 32.3. The van der Waals surface area contributed by atoms with Gasteiger partial charge >= 0.3 is 6.09 Å². The number of ether oxygens (including phenoxy) is 1. The van der Waals surface area contributed by atoms with Crippen LogP contribution in [-0.2, 0) is 0 Å². The largest absolute Gasteiger partial charge is 0.412 e. The Balaban J connectivity index is 1.53. The van der Waals surface area contributed by atoms with Crippen LogP contribution < -0.4 is 10.1 Å². The summed E-state index contributed by atoms with van der Waals surface area (Å²) >= 11 is 0. The lowest BCUT2D eigenvalue weighted by molar-refractivity contribution is 0.200. The number of aryl methyl sites for hydroxylation is 1. The highest BCUT2D eigenvalue weighted by Gasteiger charge is 2.17. The predicted molar refractivity (Wildman–Crippen MR) is 117 cm³/mol. The van der Waals surface area contributed by atoms with E-state index >= 15 is 0 Å². The van der Waals surface area contributed by atoms with Crippen molar-refractivity contribution in [3.63, 3.8) is 0 Å². The van der Waals surface area contributed by atoms with Crippen molar-refractivity contribution in [3.05, 3.63) is 114 Å². The average molecular weight is 381 g/mol. The van der Waals surface area contributed by atoms with Crippen molar-refractivity contribution < 1.29 is 9.53 Å². The summed E-state index contributed by atoms with van der Waals surface area (Å²) in [6.07, 6.45) is -0.443. The highest BCUT2D eigenvalue weighted by Crippen LogP contribution is 2.29. The van der Waals surface area contributed by atoms with Gasteiger partial charge in [0.25, 0.3) is 0 Å². The third-order valence-electron chi connectivity index (χ3n) is 5.13. The Kier molecular flexibility index (Phi) is 5.57. The normalized spacial score (nSPS) is 10.8. The van der Waals surface area contributed by atoms with Crippen molar-refractivity contribution in [2.24, 2.45) is 0 Å². The highest BCUT2D eigenvalue weighted by molar-refractivity contribution is 5.91. The molecule has 29 heavy (non-hydrogen) atoms. The molecule has 0 aliphatic carbocycles. The molecule has 0 saturated heterocycles. The average Bonchev–Trinajstić information content (AvgIpc) is 2.77. The lowest BCUT2D eigenvalue weighted by Gasteiger charge is -2.19. The molecule has 0 unspecified atom stereocenters. The van der Waals surface area contributed by atoms with Gasteiger partial charge in [-0.1, -0.05) is 97.1 Å². The molecule has 144 valence electrons. The van der Waals surface area contributed by atoms with E-state index in [1.54, 1.807) is 0 Å². The number of carbonyl (C=O) groups is 1. The zero-order chi connectivity index (χ0) is 20.1. The first-order valence-corrected chi connectivity index (χ1v) is 9.76. The molecule has 3 nitrogen and oxygen atoms in total. The van der Waals surface area contributed by atoms with Gasteiger partial charge in [0.15, 0.2) is 0 Å². The van der Waals surface area contributed by atoms with Crippen LogP contribution in [0.15, 0.2) is 97.1 Å². The number of carbonyl (C=O) groups excluding carboxylic acids is 1. The van der Waals surface area contributed by atoms with Gasteiger partial charge in [-0.05, 0) is 29.0 Å². The first kappa shape index (κ1) is 18.8. The van der Waals surface area contributed by atoms with E-state index in [4.69, 9.17) is 4.74 Å². The van der Waals surface area contributed by atoms with Crippen LogP contribution in [0.4, 0.5) is 4.79 Å². The molecule has 0 aromatic heterocycles. The van der Waals surface area contributed by atoms with E-state index in [1.165, 1.54) is 0 Å². The first-order valence-electron chi connectivity index (χ1n) is 9.76. The van der Waals surface area contributed by atoms with Crippen LogP contribution in [0.2, 0.25) is 0 Å². The van der Waals surface area contributed by atoms with Gasteiger partial charge in [-0.3, -0.25) is 0 Å². The summed E-state index contributed by atoms with van der Waals surface area (Å²) in [7, 11) is 0. The molecule has 0 aliphatic rings. The number of rotatable bonds is 5. The van der Waals surface area contributed by atoms with E-state index in [9.17, 15) is 4.79 Å². The molecule has 0 bridgehead atoms. The molecule has 1 amide bonds. The van der Waals surface area contributed by atoms with Gasteiger partial charge in [0.1, 0.15) is 5.75 Å². The molecular formula is C26H23NO2. The van der Waals surface area contributed by atoms with Gasteiger partial charge in [0, 0.05) is 17.8 Å². The topological polar surface area (TPSA) is 38.3 Å². The number of benzene rings is 4. The summed E-state index contributed by atoms with van der Waals surface area (Å²) in [5, 5.41) is 4.94. The maximum absolute atomic E-state index is 12.6. The molecule has 0 radical (unpaired) electrons. The van der Waals surface area contributed by atoms with Crippen molar-refractivity contribution in [1.29, 1.82) is 0 Å². The zero-order valence-corrected chi connectivity index (χ0v) is 16.3. The number of hydrogen-bond donors (Lipinski definition) is 1. The molecule has 4 aromatic carbocycles. The Bertz CT molecular complexity index is 1070. The smallest absolute Gasteiger partial charge is 0.409 e. The molecule has 0 fully saturated rings. The van der Waals surface area contributed by atoms with E-state index in [0.29, 0.717) is 12.3 Å². The fraction of sp³-hybridized carbons (Fsp3) is 0.115. The molecule has 4 aromatic rings. The fourth-order valence-electron chi connectivity index (χ4n) is 3.60. The van der Waals surface area contributed by atoms with Crippen LogP contribution in [0.1, 0.15) is 22.6 Å². The second-order valence-corrected chi connectivity index (χ2v) is 7.08. The minimum atomic E-state index is -0.443. The minimum absolute atomic E-state index is 0.0542. The summed E-state index contributed by atoms with van der Waals surface area (Å²) in [6.45, 7) is 2.41. The van der Waals surface area contributed by atoms with Gasteiger partial charge in [0.2, 0.25) is 0 Å². The summed E-state index contributed by atoms with van der Waals surface area (Å²) in [5.74, 6) is 0.662. The Morgan fingerprint density at radius 3 is 2.03 bits per heavy atom. The van der Waals surface area contributed by atoms with Crippen molar-refractivity contribution in [1.82, 2.24) is 5.32 Å². The van der Waals surface area contributed by atoms with Gasteiger partial charge in [-0.15, -0.1) is 0 Å². The first-order chi connectivity index (χ1) is 14.2. The number of hydrogen-bond acceptors (Lipinski definition) is 2. The molecule has 0 spiro atoms. The van der Waals surface area contributed by atoms with E-state index in [2.05, 4.69) is 29.6 Å². The highest BCUT2D eigenvalue weighted by atomic mass is 16.6. The predicted octanol–water partition coefficient (Wildman–Crippen LogP) is 6.07. The lowest BCUT2D eigenvalue weighted by atomic mass is 9.91. The Morgan fingerprint density at radius 1 is 0.793 bits per heavy atom. The number of amides is 1. The van der Waals surface area contributed by atoms with Crippen LogP contribution in [0.25, 0.3) is 10.8 Å². The zero-order valence-electron chi connectivity index (χ0n) is 16.3. The third-order valence-corrected chi connectivity index (χ3v) is 5.13. The van der Waals surface area contributed by atoms with Gasteiger partial charge in [0.05, 0.1) is 0 Å². The van der Waals surface area contributed by atoms with Crippen molar-refractivity contribution >= 4 is 16.9 Å².